The van der Waals surface area contributed by atoms with Gasteiger partial charge in [-0.15, -0.1) is 11.3 Å². The van der Waals surface area contributed by atoms with Crippen molar-refractivity contribution >= 4 is 17.1 Å². The lowest BCUT2D eigenvalue weighted by atomic mass is 10.3. The van der Waals surface area contributed by atoms with Gasteiger partial charge in [0.25, 0.3) is 0 Å². The smallest absolute Gasteiger partial charge is 0.189 e. The lowest BCUT2D eigenvalue weighted by Crippen LogP contribution is -2.18. The summed E-state index contributed by atoms with van der Waals surface area (Å²) in [7, 11) is 1.66. The highest BCUT2D eigenvalue weighted by Gasteiger charge is 2.11. The van der Waals surface area contributed by atoms with Gasteiger partial charge in [0, 0.05) is 0 Å². The molecule has 1 aromatic heterocycles. The van der Waals surface area contributed by atoms with Crippen molar-refractivity contribution < 1.29 is 9.18 Å². The standard InChI is InChI=1S/C7H8FNOS.2C2H6/c1-9-4-6(10)7-5(8)2-3-11-7;2*1-2/h2-3,9H,4H2,1H3;2*1-2H3. The maximum atomic E-state index is 12.7. The third kappa shape index (κ3) is 6.36. The summed E-state index contributed by atoms with van der Waals surface area (Å²) in [6.07, 6.45) is 0. The van der Waals surface area contributed by atoms with Gasteiger partial charge in [0.1, 0.15) is 10.7 Å². The van der Waals surface area contributed by atoms with Crippen LogP contribution >= 0.6 is 11.3 Å². The Hall–Kier alpha value is -0.740. The van der Waals surface area contributed by atoms with Gasteiger partial charge in [-0.1, -0.05) is 27.7 Å². The van der Waals surface area contributed by atoms with Gasteiger partial charge in [0.2, 0.25) is 0 Å². The first kappa shape index (κ1) is 16.7. The van der Waals surface area contributed by atoms with Crippen LogP contribution in [0.1, 0.15) is 37.4 Å². The summed E-state index contributed by atoms with van der Waals surface area (Å²) in [6, 6.07) is 1.30. The molecule has 0 fully saturated rings. The Morgan fingerprint density at radius 1 is 1.40 bits per heavy atom. The molecule has 0 saturated heterocycles. The monoisotopic (exact) mass is 233 g/mol. The van der Waals surface area contributed by atoms with Gasteiger partial charge >= 0.3 is 0 Å². The summed E-state index contributed by atoms with van der Waals surface area (Å²) in [5.74, 6) is -0.616. The molecule has 0 aliphatic heterocycles. The first-order valence-electron chi connectivity index (χ1n) is 5.16. The molecule has 0 aromatic carbocycles. The largest absolute Gasteiger partial charge is 0.313 e. The van der Waals surface area contributed by atoms with Crippen LogP contribution in [0.2, 0.25) is 0 Å². The molecule has 88 valence electrons. The van der Waals surface area contributed by atoms with Gasteiger partial charge in [-0.25, -0.2) is 4.39 Å². The molecule has 1 heterocycles. The van der Waals surface area contributed by atoms with Crippen molar-refractivity contribution in [1.29, 1.82) is 0 Å². The zero-order valence-corrected chi connectivity index (χ0v) is 10.9. The molecule has 1 rings (SSSR count). The van der Waals surface area contributed by atoms with Gasteiger partial charge in [-0.05, 0) is 18.5 Å². The molecule has 0 amide bonds. The predicted molar refractivity (Wildman–Crippen MR) is 65.2 cm³/mol. The fourth-order valence-electron chi connectivity index (χ4n) is 0.734. The average Bonchev–Trinajstić information content (AvgIpc) is 2.71. The molecule has 2 nitrogen and oxygen atoms in total. The number of ketones is 1. The second kappa shape index (κ2) is 11.3. The third-order valence-corrected chi connectivity index (χ3v) is 2.14. The maximum Gasteiger partial charge on any atom is 0.189 e. The average molecular weight is 233 g/mol. The molecule has 0 spiro atoms. The van der Waals surface area contributed by atoms with E-state index in [0.29, 0.717) is 0 Å². The van der Waals surface area contributed by atoms with Crippen molar-refractivity contribution in [3.8, 4) is 0 Å². The van der Waals surface area contributed by atoms with E-state index in [0.717, 1.165) is 11.3 Å². The highest BCUT2D eigenvalue weighted by atomic mass is 32.1. The van der Waals surface area contributed by atoms with E-state index in [1.165, 1.54) is 6.07 Å². The molecule has 0 radical (unpaired) electrons. The van der Waals surface area contributed by atoms with Gasteiger partial charge < -0.3 is 5.32 Å². The van der Waals surface area contributed by atoms with Crippen molar-refractivity contribution in [3.63, 3.8) is 0 Å². The van der Waals surface area contributed by atoms with Crippen LogP contribution in [0.25, 0.3) is 0 Å². The minimum atomic E-state index is -0.421. The molecule has 4 heteroatoms. The van der Waals surface area contributed by atoms with Gasteiger partial charge in [0.05, 0.1) is 6.54 Å². The van der Waals surface area contributed by atoms with Crippen molar-refractivity contribution in [2.45, 2.75) is 27.7 Å². The Bertz CT molecular complexity index is 261. The summed E-state index contributed by atoms with van der Waals surface area (Å²) >= 11 is 1.13. The first-order chi connectivity index (χ1) is 7.25. The van der Waals surface area contributed by atoms with E-state index in [1.54, 1.807) is 12.4 Å². The van der Waals surface area contributed by atoms with Gasteiger partial charge in [-0.2, -0.15) is 0 Å². The van der Waals surface area contributed by atoms with Crippen molar-refractivity contribution in [3.05, 3.63) is 22.1 Å². The molecule has 0 saturated carbocycles. The minimum Gasteiger partial charge on any atom is -0.313 e. The van der Waals surface area contributed by atoms with Gasteiger partial charge in [0.15, 0.2) is 5.78 Å². The Morgan fingerprint density at radius 2 is 1.93 bits per heavy atom. The molecule has 0 unspecified atom stereocenters. The normalized spacial score (nSPS) is 8.13. The van der Waals surface area contributed by atoms with Crippen LogP contribution in [-0.2, 0) is 0 Å². The predicted octanol–water partition coefficient (Wildman–Crippen LogP) is 3.34. The lowest BCUT2D eigenvalue weighted by Gasteiger charge is -1.94. The Balaban J connectivity index is 0. The molecule has 1 aromatic rings. The highest BCUT2D eigenvalue weighted by molar-refractivity contribution is 7.12. The molecular weight excluding hydrogens is 213 g/mol. The molecule has 0 bridgehead atoms. The van der Waals surface area contributed by atoms with E-state index in [4.69, 9.17) is 0 Å². The number of halogens is 1. The van der Waals surface area contributed by atoms with Crippen molar-refractivity contribution in [2.24, 2.45) is 0 Å². The van der Waals surface area contributed by atoms with E-state index in [9.17, 15) is 9.18 Å². The zero-order chi connectivity index (χ0) is 12.3. The van der Waals surface area contributed by atoms with Crippen LogP contribution < -0.4 is 5.32 Å². The number of Topliss-reactive ketones (excluding diaryl/α,β-unsaturated/α-hetero) is 1. The number of thiophene rings is 1. The summed E-state index contributed by atoms with van der Waals surface area (Å²) in [5.41, 5.74) is 0. The minimum absolute atomic E-state index is 0.192. The fraction of sp³-hybridized carbons (Fsp3) is 0.545. The molecule has 0 atom stereocenters. The summed E-state index contributed by atoms with van der Waals surface area (Å²) in [6.45, 7) is 8.19. The van der Waals surface area contributed by atoms with Crippen molar-refractivity contribution in [2.75, 3.05) is 13.6 Å². The summed E-state index contributed by atoms with van der Waals surface area (Å²) < 4.78 is 12.7. The third-order valence-electron chi connectivity index (χ3n) is 1.21. The second-order valence-electron chi connectivity index (χ2n) is 2.05. The van der Waals surface area contributed by atoms with E-state index in [2.05, 4.69) is 5.32 Å². The fourth-order valence-corrected chi connectivity index (χ4v) is 1.44. The van der Waals surface area contributed by atoms with Crippen LogP contribution in [0.3, 0.4) is 0 Å². The second-order valence-corrected chi connectivity index (χ2v) is 2.97. The number of carbonyl (C=O) groups excluding carboxylic acids is 1. The Labute approximate surface area is 95.5 Å². The quantitative estimate of drug-likeness (QED) is 0.811. The van der Waals surface area contributed by atoms with E-state index < -0.39 is 5.82 Å². The Kier molecular flexibility index (Phi) is 12.6. The lowest BCUT2D eigenvalue weighted by molar-refractivity contribution is 0.0994. The van der Waals surface area contributed by atoms with Crippen LogP contribution in [0.5, 0.6) is 0 Å². The number of hydrogen-bond donors (Lipinski definition) is 1. The number of rotatable bonds is 3. The summed E-state index contributed by atoms with van der Waals surface area (Å²) in [4.78, 5) is 11.2. The molecule has 15 heavy (non-hydrogen) atoms. The molecule has 0 aliphatic rings. The van der Waals surface area contributed by atoms with E-state index in [-0.39, 0.29) is 17.2 Å². The first-order valence-corrected chi connectivity index (χ1v) is 6.04. The van der Waals surface area contributed by atoms with Crippen LogP contribution in [0.15, 0.2) is 11.4 Å². The Morgan fingerprint density at radius 3 is 2.27 bits per heavy atom. The molecular formula is C11H20FNOS. The number of carbonyl (C=O) groups is 1. The molecule has 0 aliphatic carbocycles. The van der Waals surface area contributed by atoms with E-state index >= 15 is 0 Å². The van der Waals surface area contributed by atoms with Gasteiger partial charge in [-0.3, -0.25) is 4.79 Å². The topological polar surface area (TPSA) is 29.1 Å². The molecule has 1 N–H and O–H groups in total. The number of nitrogens with one attached hydrogen (secondary N) is 1. The van der Waals surface area contributed by atoms with E-state index in [1.807, 2.05) is 27.7 Å². The SMILES string of the molecule is CC.CC.CNCC(=O)c1sccc1F. The van der Waals surface area contributed by atoms with Crippen LogP contribution in [-0.4, -0.2) is 19.4 Å². The van der Waals surface area contributed by atoms with Crippen LogP contribution in [0.4, 0.5) is 4.39 Å². The zero-order valence-electron chi connectivity index (χ0n) is 10.1. The highest BCUT2D eigenvalue weighted by Crippen LogP contribution is 2.14. The van der Waals surface area contributed by atoms with Crippen molar-refractivity contribution in [1.82, 2.24) is 5.32 Å². The van der Waals surface area contributed by atoms with Crippen LogP contribution in [0, 0.1) is 5.82 Å². The summed E-state index contributed by atoms with van der Waals surface area (Å²) in [5, 5.41) is 4.24. The number of likely N-dealkylation sites (N-methyl/N-ethyl adjacent to an activating group) is 1. The maximum absolute atomic E-state index is 12.7. The number of hydrogen-bond acceptors (Lipinski definition) is 3.